The molecule has 102 valence electrons. The summed E-state index contributed by atoms with van der Waals surface area (Å²) in [5.41, 5.74) is 20.1. The molecule has 2 nitrogen and oxygen atoms in total. The van der Waals surface area contributed by atoms with Gasteiger partial charge in [0.25, 0.3) is 0 Å². The molecule has 0 saturated heterocycles. The van der Waals surface area contributed by atoms with Crippen LogP contribution >= 0.6 is 0 Å². The monoisotopic (exact) mass is 248 g/mol. The third-order valence-electron chi connectivity index (χ3n) is 4.20. The van der Waals surface area contributed by atoms with Crippen molar-refractivity contribution in [3.8, 4) is 0 Å². The topological polar surface area (TPSA) is 52.0 Å². The molecule has 0 bridgehead atoms. The van der Waals surface area contributed by atoms with Gasteiger partial charge in [-0.15, -0.1) is 0 Å². The Balaban J connectivity index is 3.18. The van der Waals surface area contributed by atoms with Crippen molar-refractivity contribution in [2.45, 2.75) is 53.4 Å². The molecule has 0 fully saturated rings. The minimum absolute atomic E-state index is 0.770. The zero-order valence-electron chi connectivity index (χ0n) is 12.4. The van der Waals surface area contributed by atoms with Gasteiger partial charge >= 0.3 is 0 Å². The van der Waals surface area contributed by atoms with Crippen LogP contribution in [0, 0.1) is 27.7 Å². The molecule has 0 aliphatic heterocycles. The molecule has 0 atom stereocenters. The zero-order chi connectivity index (χ0) is 13.7. The second-order valence-electron chi connectivity index (χ2n) is 5.24. The molecule has 0 heterocycles. The fourth-order valence-corrected chi connectivity index (χ4v) is 2.78. The fourth-order valence-electron chi connectivity index (χ4n) is 2.78. The van der Waals surface area contributed by atoms with Crippen LogP contribution in [0.3, 0.4) is 0 Å². The molecule has 2 heteroatoms. The second-order valence-corrected chi connectivity index (χ2v) is 5.24. The van der Waals surface area contributed by atoms with E-state index < -0.39 is 0 Å². The normalized spacial score (nSPS) is 11.0. The molecule has 0 aliphatic rings. The molecule has 4 N–H and O–H groups in total. The van der Waals surface area contributed by atoms with Gasteiger partial charge in [-0.3, -0.25) is 0 Å². The van der Waals surface area contributed by atoms with Gasteiger partial charge in [0.1, 0.15) is 0 Å². The van der Waals surface area contributed by atoms with Gasteiger partial charge in [-0.2, -0.15) is 0 Å². The summed E-state index contributed by atoms with van der Waals surface area (Å²) in [6.07, 6.45) is 4.35. The molecule has 0 aliphatic carbocycles. The first-order valence-corrected chi connectivity index (χ1v) is 7.02. The number of nitrogens with two attached hydrogens (primary N) is 2. The van der Waals surface area contributed by atoms with Gasteiger partial charge in [-0.05, 0) is 99.8 Å². The van der Waals surface area contributed by atoms with Crippen molar-refractivity contribution in [2.24, 2.45) is 11.5 Å². The summed E-state index contributed by atoms with van der Waals surface area (Å²) >= 11 is 0. The standard InChI is InChI=1S/C16H28N2/c1-11-12(2)16(8-6-10-18)14(4)13(3)15(11)7-5-9-17/h5-10,17-18H2,1-4H3. The van der Waals surface area contributed by atoms with Gasteiger partial charge in [0, 0.05) is 0 Å². The molecular formula is C16H28N2. The maximum absolute atomic E-state index is 5.63. The van der Waals surface area contributed by atoms with Gasteiger partial charge in [0.15, 0.2) is 0 Å². The van der Waals surface area contributed by atoms with E-state index in [1.165, 1.54) is 33.4 Å². The van der Waals surface area contributed by atoms with E-state index in [-0.39, 0.29) is 0 Å². The lowest BCUT2D eigenvalue weighted by atomic mass is 9.85. The van der Waals surface area contributed by atoms with E-state index in [2.05, 4.69) is 27.7 Å². The van der Waals surface area contributed by atoms with Gasteiger partial charge in [-0.25, -0.2) is 0 Å². The quantitative estimate of drug-likeness (QED) is 0.813. The summed E-state index contributed by atoms with van der Waals surface area (Å²) in [4.78, 5) is 0. The Morgan fingerprint density at radius 2 is 0.889 bits per heavy atom. The van der Waals surface area contributed by atoms with Crippen molar-refractivity contribution in [2.75, 3.05) is 13.1 Å². The van der Waals surface area contributed by atoms with Crippen LogP contribution in [-0.4, -0.2) is 13.1 Å². The fraction of sp³-hybridized carbons (Fsp3) is 0.625. The van der Waals surface area contributed by atoms with Crippen LogP contribution in [0.2, 0.25) is 0 Å². The minimum atomic E-state index is 0.770. The van der Waals surface area contributed by atoms with E-state index in [0.717, 1.165) is 38.8 Å². The number of rotatable bonds is 6. The van der Waals surface area contributed by atoms with Crippen LogP contribution in [0.5, 0.6) is 0 Å². The van der Waals surface area contributed by atoms with Gasteiger partial charge in [0.05, 0.1) is 0 Å². The Labute approximate surface area is 112 Å². The number of benzene rings is 1. The maximum atomic E-state index is 5.63. The molecule has 0 aromatic heterocycles. The van der Waals surface area contributed by atoms with Gasteiger partial charge < -0.3 is 11.5 Å². The molecule has 0 amide bonds. The predicted molar refractivity (Wildman–Crippen MR) is 80.1 cm³/mol. The lowest BCUT2D eigenvalue weighted by Gasteiger charge is -2.20. The average Bonchev–Trinajstić information content (AvgIpc) is 2.37. The summed E-state index contributed by atoms with van der Waals surface area (Å²) in [6, 6.07) is 0. The minimum Gasteiger partial charge on any atom is -0.330 e. The molecule has 1 aromatic rings. The Hall–Kier alpha value is -0.860. The Bertz CT molecular complexity index is 340. The Kier molecular flexibility index (Phi) is 5.83. The highest BCUT2D eigenvalue weighted by atomic mass is 14.5. The highest BCUT2D eigenvalue weighted by Gasteiger charge is 2.13. The van der Waals surface area contributed by atoms with E-state index in [0.29, 0.717) is 0 Å². The van der Waals surface area contributed by atoms with E-state index in [1.54, 1.807) is 0 Å². The number of hydrogen-bond acceptors (Lipinski definition) is 2. The lowest BCUT2D eigenvalue weighted by Crippen LogP contribution is -2.09. The van der Waals surface area contributed by atoms with Crippen LogP contribution in [0.25, 0.3) is 0 Å². The predicted octanol–water partition coefficient (Wildman–Crippen LogP) is 2.70. The summed E-state index contributed by atoms with van der Waals surface area (Å²) in [7, 11) is 0. The van der Waals surface area contributed by atoms with Crippen molar-refractivity contribution in [1.82, 2.24) is 0 Å². The molecule has 0 saturated carbocycles. The van der Waals surface area contributed by atoms with Crippen LogP contribution in [-0.2, 0) is 12.8 Å². The lowest BCUT2D eigenvalue weighted by molar-refractivity contribution is 0.801. The molecule has 0 radical (unpaired) electrons. The van der Waals surface area contributed by atoms with Crippen LogP contribution < -0.4 is 11.5 Å². The SMILES string of the molecule is Cc1c(C)c(CCCN)c(C)c(C)c1CCCN. The smallest absolute Gasteiger partial charge is 0.00741 e. The van der Waals surface area contributed by atoms with E-state index >= 15 is 0 Å². The van der Waals surface area contributed by atoms with Crippen molar-refractivity contribution < 1.29 is 0 Å². The Morgan fingerprint density at radius 3 is 1.11 bits per heavy atom. The van der Waals surface area contributed by atoms with Crippen molar-refractivity contribution in [3.63, 3.8) is 0 Å². The average molecular weight is 248 g/mol. The molecule has 0 spiro atoms. The van der Waals surface area contributed by atoms with E-state index in [9.17, 15) is 0 Å². The maximum Gasteiger partial charge on any atom is -0.00741 e. The third-order valence-corrected chi connectivity index (χ3v) is 4.20. The first-order valence-electron chi connectivity index (χ1n) is 7.02. The van der Waals surface area contributed by atoms with Crippen LogP contribution in [0.4, 0.5) is 0 Å². The zero-order valence-corrected chi connectivity index (χ0v) is 12.4. The van der Waals surface area contributed by atoms with Crippen molar-refractivity contribution >= 4 is 0 Å². The number of hydrogen-bond donors (Lipinski definition) is 2. The summed E-state index contributed by atoms with van der Waals surface area (Å²) in [5.74, 6) is 0. The van der Waals surface area contributed by atoms with Gasteiger partial charge in [-0.1, -0.05) is 0 Å². The molecule has 18 heavy (non-hydrogen) atoms. The van der Waals surface area contributed by atoms with E-state index in [4.69, 9.17) is 11.5 Å². The molecule has 1 rings (SSSR count). The summed E-state index contributed by atoms with van der Waals surface area (Å²) in [5, 5.41) is 0. The van der Waals surface area contributed by atoms with Crippen LogP contribution in [0.1, 0.15) is 46.2 Å². The summed E-state index contributed by atoms with van der Waals surface area (Å²) < 4.78 is 0. The van der Waals surface area contributed by atoms with Crippen LogP contribution in [0.15, 0.2) is 0 Å². The van der Waals surface area contributed by atoms with Crippen molar-refractivity contribution in [1.29, 1.82) is 0 Å². The molecule has 1 aromatic carbocycles. The second kappa shape index (κ2) is 6.91. The molecular weight excluding hydrogens is 220 g/mol. The Morgan fingerprint density at radius 1 is 0.611 bits per heavy atom. The highest BCUT2D eigenvalue weighted by Crippen LogP contribution is 2.28. The largest absolute Gasteiger partial charge is 0.330 e. The van der Waals surface area contributed by atoms with Gasteiger partial charge in [0.2, 0.25) is 0 Å². The third kappa shape index (κ3) is 3.12. The highest BCUT2D eigenvalue weighted by molar-refractivity contribution is 5.50. The van der Waals surface area contributed by atoms with Crippen molar-refractivity contribution in [3.05, 3.63) is 33.4 Å². The van der Waals surface area contributed by atoms with E-state index in [1.807, 2.05) is 0 Å². The molecule has 0 unspecified atom stereocenters. The first-order chi connectivity index (χ1) is 8.54. The first kappa shape index (κ1) is 15.2. The summed E-state index contributed by atoms with van der Waals surface area (Å²) in [6.45, 7) is 10.5.